The van der Waals surface area contributed by atoms with Gasteiger partial charge >= 0.3 is 0 Å². The Morgan fingerprint density at radius 1 is 1.03 bits per heavy atom. The normalized spacial score (nSPS) is 15.8. The van der Waals surface area contributed by atoms with Gasteiger partial charge < -0.3 is 14.6 Å². The molecule has 0 amide bonds. The highest BCUT2D eigenvalue weighted by molar-refractivity contribution is 7.80. The molecule has 1 atom stereocenters. The minimum Gasteiger partial charge on any atom is -0.497 e. The van der Waals surface area contributed by atoms with E-state index in [4.69, 9.17) is 26.5 Å². The summed E-state index contributed by atoms with van der Waals surface area (Å²) in [6.07, 6.45) is 0. The highest BCUT2D eigenvalue weighted by atomic mass is 32.1. The summed E-state index contributed by atoms with van der Waals surface area (Å²) in [6.45, 7) is 3.96. The molecule has 8 heteroatoms. The van der Waals surface area contributed by atoms with Crippen molar-refractivity contribution in [1.82, 2.24) is 15.5 Å². The van der Waals surface area contributed by atoms with E-state index in [2.05, 4.69) is 10.5 Å². The van der Waals surface area contributed by atoms with Gasteiger partial charge in [0, 0.05) is 11.3 Å². The quantitative estimate of drug-likeness (QED) is 0.344. The second-order valence-corrected chi connectivity index (χ2v) is 8.65. The lowest BCUT2D eigenvalue weighted by molar-refractivity contribution is 0.404. The van der Waals surface area contributed by atoms with E-state index in [9.17, 15) is 4.39 Å². The lowest BCUT2D eigenvalue weighted by Gasteiger charge is -2.37. The van der Waals surface area contributed by atoms with Crippen LogP contribution in [0.25, 0.3) is 17.0 Å². The van der Waals surface area contributed by atoms with Crippen LogP contribution in [0.1, 0.15) is 30.0 Å². The number of aryl methyl sites for hydroxylation is 1. The summed E-state index contributed by atoms with van der Waals surface area (Å²) in [5.74, 6) is 1.21. The molecule has 176 valence electrons. The number of ether oxygens (including phenoxy) is 1. The van der Waals surface area contributed by atoms with Crippen molar-refractivity contribution in [3.05, 3.63) is 101 Å². The molecule has 0 aliphatic carbocycles. The number of aromatic nitrogens is 2. The van der Waals surface area contributed by atoms with Gasteiger partial charge in [-0.05, 0) is 74.1 Å². The Balaban J connectivity index is 1.63. The van der Waals surface area contributed by atoms with E-state index >= 15 is 0 Å². The summed E-state index contributed by atoms with van der Waals surface area (Å²) in [5, 5.41) is 8.08. The molecule has 6 nitrogen and oxygen atoms in total. The zero-order valence-electron chi connectivity index (χ0n) is 19.4. The van der Waals surface area contributed by atoms with E-state index in [1.807, 2.05) is 62.4 Å². The Bertz CT molecular complexity index is 1410. The SMILES string of the molecule is COc1ccc(-c2noc(C3=C(C)N(c4cccc(F)c4)C(=S)NC3c3ccc(C)cc3)n2)cc1. The van der Waals surface area contributed by atoms with Gasteiger partial charge in [0.1, 0.15) is 11.6 Å². The Labute approximate surface area is 208 Å². The maximum absolute atomic E-state index is 14.1. The number of thiocarbonyl (C=S) groups is 1. The van der Waals surface area contributed by atoms with Crippen molar-refractivity contribution in [3.63, 3.8) is 0 Å². The molecular weight excluding hydrogens is 463 g/mol. The molecule has 0 bridgehead atoms. The minimum atomic E-state index is -0.347. The van der Waals surface area contributed by atoms with E-state index in [0.717, 1.165) is 33.7 Å². The minimum absolute atomic E-state index is 0.322. The van der Waals surface area contributed by atoms with Gasteiger partial charge in [0.2, 0.25) is 5.82 Å². The molecule has 4 aromatic rings. The predicted molar refractivity (Wildman–Crippen MR) is 137 cm³/mol. The van der Waals surface area contributed by atoms with Crippen molar-refractivity contribution in [2.24, 2.45) is 0 Å². The maximum atomic E-state index is 14.1. The average Bonchev–Trinajstić information content (AvgIpc) is 3.34. The van der Waals surface area contributed by atoms with Crippen LogP contribution in [0.15, 0.2) is 83.0 Å². The van der Waals surface area contributed by atoms with E-state index in [-0.39, 0.29) is 11.9 Å². The number of hydrogen-bond acceptors (Lipinski definition) is 5. The van der Waals surface area contributed by atoms with Crippen molar-refractivity contribution >= 4 is 28.6 Å². The second kappa shape index (κ2) is 9.31. The Kier molecular flexibility index (Phi) is 6.05. The first-order valence-corrected chi connectivity index (χ1v) is 11.5. The summed E-state index contributed by atoms with van der Waals surface area (Å²) < 4.78 is 25.1. The third-order valence-corrected chi connectivity index (χ3v) is 6.27. The molecule has 0 fully saturated rings. The van der Waals surface area contributed by atoms with Crippen LogP contribution in [-0.2, 0) is 0 Å². The van der Waals surface area contributed by atoms with Crippen LogP contribution in [-0.4, -0.2) is 22.4 Å². The number of nitrogens with one attached hydrogen (secondary N) is 1. The van der Waals surface area contributed by atoms with Crippen LogP contribution >= 0.6 is 12.2 Å². The molecular formula is C27H23FN4O2S. The Morgan fingerprint density at radius 2 is 1.77 bits per heavy atom. The number of methoxy groups -OCH3 is 1. The zero-order chi connectivity index (χ0) is 24.5. The van der Waals surface area contributed by atoms with Gasteiger partial charge in [-0.2, -0.15) is 4.98 Å². The third-order valence-electron chi connectivity index (χ3n) is 5.97. The number of halogens is 1. The molecule has 1 unspecified atom stereocenters. The van der Waals surface area contributed by atoms with Crippen LogP contribution in [0.4, 0.5) is 10.1 Å². The van der Waals surface area contributed by atoms with Gasteiger partial charge in [-0.1, -0.05) is 41.1 Å². The van der Waals surface area contributed by atoms with Gasteiger partial charge in [-0.25, -0.2) is 4.39 Å². The molecule has 35 heavy (non-hydrogen) atoms. The third kappa shape index (κ3) is 4.40. The van der Waals surface area contributed by atoms with Gasteiger partial charge in [0.05, 0.1) is 24.4 Å². The molecule has 0 radical (unpaired) electrons. The molecule has 1 N–H and O–H groups in total. The van der Waals surface area contributed by atoms with Gasteiger partial charge in [0.15, 0.2) is 5.11 Å². The van der Waals surface area contributed by atoms with Crippen LogP contribution in [0.5, 0.6) is 5.75 Å². The van der Waals surface area contributed by atoms with E-state index in [1.54, 1.807) is 24.1 Å². The Hall–Kier alpha value is -4.04. The number of allylic oxidation sites excluding steroid dienone is 1. The molecule has 0 saturated carbocycles. The van der Waals surface area contributed by atoms with Gasteiger partial charge in [0.25, 0.3) is 5.89 Å². The molecule has 1 aliphatic rings. The summed E-state index contributed by atoms with van der Waals surface area (Å²) in [6, 6.07) is 21.6. The van der Waals surface area contributed by atoms with Crippen molar-refractivity contribution < 1.29 is 13.7 Å². The van der Waals surface area contributed by atoms with Crippen LogP contribution in [0.2, 0.25) is 0 Å². The number of nitrogens with zero attached hydrogens (tertiary/aromatic N) is 3. The van der Waals surface area contributed by atoms with E-state index in [0.29, 0.717) is 22.5 Å². The average molecular weight is 487 g/mol. The fourth-order valence-electron chi connectivity index (χ4n) is 4.15. The maximum Gasteiger partial charge on any atom is 0.258 e. The highest BCUT2D eigenvalue weighted by Crippen LogP contribution is 2.39. The summed E-state index contributed by atoms with van der Waals surface area (Å²) in [4.78, 5) is 6.50. The molecule has 1 aromatic heterocycles. The van der Waals surface area contributed by atoms with Crippen molar-refractivity contribution in [1.29, 1.82) is 0 Å². The largest absolute Gasteiger partial charge is 0.497 e. The zero-order valence-corrected chi connectivity index (χ0v) is 20.3. The highest BCUT2D eigenvalue weighted by Gasteiger charge is 2.34. The van der Waals surface area contributed by atoms with Gasteiger partial charge in [-0.3, -0.25) is 4.90 Å². The summed E-state index contributed by atoms with van der Waals surface area (Å²) in [5.41, 5.74) is 5.08. The topological polar surface area (TPSA) is 63.4 Å². The Morgan fingerprint density at radius 3 is 2.46 bits per heavy atom. The summed E-state index contributed by atoms with van der Waals surface area (Å²) >= 11 is 5.72. The predicted octanol–water partition coefficient (Wildman–Crippen LogP) is 6.06. The van der Waals surface area contributed by atoms with Crippen LogP contribution < -0.4 is 15.0 Å². The standard InChI is InChI=1S/C27H23FN4O2S/c1-16-7-9-18(10-8-16)24-23(17(2)32(27(35)29-24)21-6-4-5-20(28)15-21)26-30-25(31-34-26)19-11-13-22(33-3)14-12-19/h4-15,24H,1-3H3,(H,29,35). The molecule has 0 spiro atoms. The number of rotatable bonds is 5. The number of hydrogen-bond donors (Lipinski definition) is 1. The molecule has 1 aliphatic heterocycles. The first kappa shape index (κ1) is 22.7. The molecule has 2 heterocycles. The fourth-order valence-corrected chi connectivity index (χ4v) is 4.51. The van der Waals surface area contributed by atoms with E-state index in [1.165, 1.54) is 12.1 Å². The van der Waals surface area contributed by atoms with Crippen molar-refractivity contribution in [2.75, 3.05) is 12.0 Å². The lowest BCUT2D eigenvalue weighted by atomic mass is 9.94. The van der Waals surface area contributed by atoms with E-state index < -0.39 is 0 Å². The number of anilines is 1. The fraction of sp³-hybridized carbons (Fsp3) is 0.148. The smallest absolute Gasteiger partial charge is 0.258 e. The summed E-state index contributed by atoms with van der Waals surface area (Å²) in [7, 11) is 1.62. The van der Waals surface area contributed by atoms with Gasteiger partial charge in [-0.15, -0.1) is 0 Å². The van der Waals surface area contributed by atoms with Crippen LogP contribution in [0.3, 0.4) is 0 Å². The molecule has 5 rings (SSSR count). The molecule has 3 aromatic carbocycles. The van der Waals surface area contributed by atoms with Crippen LogP contribution in [0, 0.1) is 12.7 Å². The first-order chi connectivity index (χ1) is 16.9. The number of benzene rings is 3. The molecule has 0 saturated heterocycles. The monoisotopic (exact) mass is 486 g/mol. The second-order valence-electron chi connectivity index (χ2n) is 8.26. The first-order valence-electron chi connectivity index (χ1n) is 11.1. The van der Waals surface area contributed by atoms with Crippen molar-refractivity contribution in [2.45, 2.75) is 19.9 Å². The van der Waals surface area contributed by atoms with Crippen molar-refractivity contribution in [3.8, 4) is 17.1 Å². The lowest BCUT2D eigenvalue weighted by Crippen LogP contribution is -2.46.